The third-order valence-corrected chi connectivity index (χ3v) is 2.68. The van der Waals surface area contributed by atoms with Crippen molar-refractivity contribution in [3.8, 4) is 0 Å². The number of aryl methyl sites for hydroxylation is 2. The average Bonchev–Trinajstić information content (AvgIpc) is 2.59. The van der Waals surface area contributed by atoms with Gasteiger partial charge in [-0.15, -0.1) is 11.3 Å². The summed E-state index contributed by atoms with van der Waals surface area (Å²) in [6, 6.07) is 1.11. The van der Waals surface area contributed by atoms with Crippen LogP contribution in [-0.4, -0.2) is 11.1 Å². The number of carbonyl (C=O) groups is 1. The summed E-state index contributed by atoms with van der Waals surface area (Å²) < 4.78 is 46.2. The minimum absolute atomic E-state index is 0.0509. The van der Waals surface area contributed by atoms with Gasteiger partial charge in [-0.05, 0) is 37.2 Å². The Morgan fingerprint density at radius 3 is 3.25 bits per heavy atom. The molecule has 64 valence electrons. The van der Waals surface area contributed by atoms with Crippen molar-refractivity contribution in [2.24, 2.45) is 0 Å². The molecular formula is C9H10O2S. The number of carboxylic acids is 1. The lowest BCUT2D eigenvalue weighted by molar-refractivity contribution is 0.0702. The van der Waals surface area contributed by atoms with Crippen molar-refractivity contribution in [1.82, 2.24) is 0 Å². The zero-order chi connectivity index (χ0) is 13.9. The van der Waals surface area contributed by atoms with Crippen LogP contribution in [0.1, 0.15) is 41.1 Å². The molecule has 3 heteroatoms. The first-order valence-electron chi connectivity index (χ1n) is 6.37. The molecule has 1 aliphatic rings. The SMILES string of the molecule is [2H]C1([2H])Cc2sc(C(=O)O)cc2C([2H])([2H])C1([2H])[2H]. The van der Waals surface area contributed by atoms with Gasteiger partial charge in [-0.3, -0.25) is 0 Å². The highest BCUT2D eigenvalue weighted by Gasteiger charge is 2.15. The van der Waals surface area contributed by atoms with Gasteiger partial charge in [0.15, 0.2) is 0 Å². The summed E-state index contributed by atoms with van der Waals surface area (Å²) in [5.41, 5.74) is -0.0509. The van der Waals surface area contributed by atoms with Gasteiger partial charge in [0, 0.05) is 13.1 Å². The van der Waals surface area contributed by atoms with Crippen molar-refractivity contribution in [3.63, 3.8) is 0 Å². The van der Waals surface area contributed by atoms with E-state index in [1.54, 1.807) is 0 Å². The topological polar surface area (TPSA) is 37.3 Å². The van der Waals surface area contributed by atoms with E-state index in [9.17, 15) is 4.79 Å². The average molecular weight is 188 g/mol. The molecule has 1 heterocycles. The van der Waals surface area contributed by atoms with Crippen molar-refractivity contribution in [2.45, 2.75) is 25.5 Å². The van der Waals surface area contributed by atoms with Crippen LogP contribution in [0.25, 0.3) is 0 Å². The Kier molecular flexibility index (Phi) is 0.846. The highest BCUT2D eigenvalue weighted by atomic mass is 32.1. The van der Waals surface area contributed by atoms with Crippen molar-refractivity contribution in [1.29, 1.82) is 0 Å². The molecule has 0 aliphatic heterocycles. The van der Waals surface area contributed by atoms with Gasteiger partial charge in [-0.1, -0.05) is 0 Å². The van der Waals surface area contributed by atoms with Gasteiger partial charge >= 0.3 is 5.97 Å². The number of hydrogen-bond acceptors (Lipinski definition) is 2. The second-order valence-electron chi connectivity index (χ2n) is 2.36. The molecule has 1 aromatic rings. The van der Waals surface area contributed by atoms with E-state index in [0.717, 1.165) is 17.4 Å². The van der Waals surface area contributed by atoms with Gasteiger partial charge in [0.25, 0.3) is 0 Å². The Balaban J connectivity index is 2.66. The number of aromatic carboxylic acids is 1. The molecule has 0 radical (unpaired) electrons. The molecule has 2 rings (SSSR count). The minimum atomic E-state index is -2.70. The number of carboxylic acid groups (broad SMARTS) is 1. The molecule has 0 bridgehead atoms. The Bertz CT molecular complexity index is 521. The molecule has 0 saturated carbocycles. The fourth-order valence-corrected chi connectivity index (χ4v) is 1.90. The quantitative estimate of drug-likeness (QED) is 0.734. The first-order chi connectivity index (χ1) is 8.00. The predicted octanol–water partition coefficient (Wildman–Crippen LogP) is 2.33. The molecule has 0 atom stereocenters. The predicted molar refractivity (Wildman–Crippen MR) is 47.9 cm³/mol. The van der Waals surface area contributed by atoms with Gasteiger partial charge in [0.2, 0.25) is 0 Å². The number of rotatable bonds is 1. The third-order valence-electron chi connectivity index (χ3n) is 1.55. The third kappa shape index (κ3) is 1.25. The lowest BCUT2D eigenvalue weighted by Crippen LogP contribution is -1.96. The number of hydrogen-bond donors (Lipinski definition) is 1. The molecule has 1 aromatic heterocycles. The van der Waals surface area contributed by atoms with Crippen molar-refractivity contribution >= 4 is 17.3 Å². The van der Waals surface area contributed by atoms with Gasteiger partial charge in [0.1, 0.15) is 4.88 Å². The molecule has 0 saturated heterocycles. The monoisotopic (exact) mass is 188 g/mol. The van der Waals surface area contributed by atoms with Crippen LogP contribution in [0.4, 0.5) is 0 Å². The van der Waals surface area contributed by atoms with E-state index in [0.29, 0.717) is 0 Å². The van der Waals surface area contributed by atoms with E-state index in [2.05, 4.69) is 0 Å². The highest BCUT2D eigenvalue weighted by molar-refractivity contribution is 7.14. The van der Waals surface area contributed by atoms with Crippen molar-refractivity contribution in [3.05, 3.63) is 21.4 Å². The number of thiophene rings is 1. The molecule has 0 fully saturated rings. The Hall–Kier alpha value is -0.830. The van der Waals surface area contributed by atoms with Gasteiger partial charge in [0.05, 0.1) is 0 Å². The second-order valence-corrected chi connectivity index (χ2v) is 3.49. The summed E-state index contributed by atoms with van der Waals surface area (Å²) in [6.45, 7) is 0. The Morgan fingerprint density at radius 1 is 1.67 bits per heavy atom. The summed E-state index contributed by atoms with van der Waals surface area (Å²) in [7, 11) is 0. The van der Waals surface area contributed by atoms with Crippen LogP contribution in [0.15, 0.2) is 6.07 Å². The summed E-state index contributed by atoms with van der Waals surface area (Å²) >= 11 is 0.803. The van der Waals surface area contributed by atoms with E-state index < -0.39 is 25.1 Å². The van der Waals surface area contributed by atoms with Crippen LogP contribution in [-0.2, 0) is 12.8 Å². The fraction of sp³-hybridized carbons (Fsp3) is 0.444. The Labute approximate surface area is 83.3 Å². The zero-order valence-corrected chi connectivity index (χ0v) is 6.86. The first kappa shape index (κ1) is 3.50. The summed E-state index contributed by atoms with van der Waals surface area (Å²) in [5.74, 6) is -1.22. The maximum absolute atomic E-state index is 10.9. The maximum Gasteiger partial charge on any atom is 0.345 e. The van der Waals surface area contributed by atoms with Gasteiger partial charge in [-0.25, -0.2) is 4.79 Å². The molecule has 12 heavy (non-hydrogen) atoms. The molecule has 0 amide bonds. The first-order valence-corrected chi connectivity index (χ1v) is 4.19. The molecule has 0 unspecified atom stereocenters. The normalized spacial score (nSPS) is 35.7. The fourth-order valence-electron chi connectivity index (χ4n) is 1.01. The molecule has 1 aliphatic carbocycles. The second kappa shape index (κ2) is 2.90. The molecule has 2 nitrogen and oxygen atoms in total. The summed E-state index contributed by atoms with van der Waals surface area (Å²) in [6.07, 6.45) is -7.94. The van der Waals surface area contributed by atoms with Crippen LogP contribution in [0.3, 0.4) is 0 Å². The lowest BCUT2D eigenvalue weighted by atomic mass is 9.99. The van der Waals surface area contributed by atoms with Crippen LogP contribution < -0.4 is 0 Å². The van der Waals surface area contributed by atoms with E-state index in [4.69, 9.17) is 13.3 Å². The lowest BCUT2D eigenvalue weighted by Gasteiger charge is -2.08. The van der Waals surface area contributed by atoms with E-state index in [1.807, 2.05) is 0 Å². The van der Waals surface area contributed by atoms with Crippen LogP contribution in [0, 0.1) is 0 Å². The van der Waals surface area contributed by atoms with Crippen molar-refractivity contribution in [2.75, 3.05) is 0 Å². The number of fused-ring (bicyclic) bond motifs is 1. The Morgan fingerprint density at radius 2 is 2.50 bits per heavy atom. The minimum Gasteiger partial charge on any atom is -0.477 e. The van der Waals surface area contributed by atoms with Gasteiger partial charge < -0.3 is 5.11 Å². The maximum atomic E-state index is 10.9. The van der Waals surface area contributed by atoms with Crippen molar-refractivity contribution < 1.29 is 18.1 Å². The zero-order valence-electron chi connectivity index (χ0n) is 12.0. The van der Waals surface area contributed by atoms with Crippen LogP contribution >= 0.6 is 11.3 Å². The molecule has 0 aromatic carbocycles. The summed E-state index contributed by atoms with van der Waals surface area (Å²) in [5, 5.41) is 8.86. The standard InChI is InChI=1S/C9H10O2S/c10-9(11)8-5-6-3-1-2-4-7(6)12-8/h5H,1-4H2,(H,10,11)/i1D2,2D2,3D2. The van der Waals surface area contributed by atoms with E-state index in [1.165, 1.54) is 0 Å². The summed E-state index contributed by atoms with van der Waals surface area (Å²) in [4.78, 5) is 11.0. The van der Waals surface area contributed by atoms with Gasteiger partial charge in [-0.2, -0.15) is 0 Å². The van der Waals surface area contributed by atoms with Crippen LogP contribution in [0.5, 0.6) is 0 Å². The molecule has 0 spiro atoms. The molecule has 1 N–H and O–H groups in total. The van der Waals surface area contributed by atoms with E-state index >= 15 is 0 Å². The smallest absolute Gasteiger partial charge is 0.345 e. The van der Waals surface area contributed by atoms with E-state index in [-0.39, 0.29) is 21.7 Å². The highest BCUT2D eigenvalue weighted by Crippen LogP contribution is 2.29. The largest absolute Gasteiger partial charge is 0.477 e. The molecular weight excluding hydrogens is 172 g/mol. The van der Waals surface area contributed by atoms with Crippen LogP contribution in [0.2, 0.25) is 0 Å².